The number of ether oxygens (including phenoxy) is 1. The summed E-state index contributed by atoms with van der Waals surface area (Å²) in [4.78, 5) is 9.82. The van der Waals surface area contributed by atoms with Crippen LogP contribution in [0.2, 0.25) is 10.0 Å². The smallest absolute Gasteiger partial charge is 0.193 e. The van der Waals surface area contributed by atoms with Gasteiger partial charge in [0.05, 0.1) is 25.0 Å². The van der Waals surface area contributed by atoms with E-state index in [4.69, 9.17) is 45.1 Å². The minimum Gasteiger partial charge on any atom is -0.379 e. The van der Waals surface area contributed by atoms with E-state index in [0.29, 0.717) is 5.11 Å². The zero-order chi connectivity index (χ0) is 23.5. The molecule has 2 saturated heterocycles. The molecule has 2 aromatic rings. The van der Waals surface area contributed by atoms with Crippen LogP contribution in [0.25, 0.3) is 6.08 Å². The van der Waals surface area contributed by atoms with Crippen LogP contribution < -0.4 is 5.32 Å². The highest BCUT2D eigenvalue weighted by molar-refractivity contribution is 7.80. The number of hydrogen-bond donors (Lipinski definition) is 1. The summed E-state index contributed by atoms with van der Waals surface area (Å²) in [5, 5.41) is 5.42. The highest BCUT2D eigenvalue weighted by Gasteiger charge is 2.39. The highest BCUT2D eigenvalue weighted by atomic mass is 35.5. The maximum absolute atomic E-state index is 6.64. The molecule has 0 aromatic heterocycles. The van der Waals surface area contributed by atoms with Gasteiger partial charge in [0.1, 0.15) is 0 Å². The number of benzene rings is 2. The quantitative estimate of drug-likeness (QED) is 0.585. The lowest BCUT2D eigenvalue weighted by Gasteiger charge is -2.43. The standard InChI is InChI=1S/C26H28Cl2N4OS/c27-22-7-3-1-5-18(22)15-19-16-32(10-9-31-11-13-33-14-12-31)17-21-24(19)29-26(34)30-25(21)20-6-2-4-8-23(20)28/h1-8,15,21,25H,9-14,16-17H2,(H,30,34)/b19-15+. The summed E-state index contributed by atoms with van der Waals surface area (Å²) in [6, 6.07) is 15.9. The third kappa shape index (κ3) is 5.38. The lowest BCUT2D eigenvalue weighted by molar-refractivity contribution is 0.0330. The van der Waals surface area contributed by atoms with Gasteiger partial charge in [-0.1, -0.05) is 59.6 Å². The van der Waals surface area contributed by atoms with Crippen molar-refractivity contribution in [3.05, 3.63) is 75.3 Å². The third-order valence-corrected chi connectivity index (χ3v) is 7.64. The van der Waals surface area contributed by atoms with Crippen molar-refractivity contribution in [2.45, 2.75) is 6.04 Å². The second-order valence-electron chi connectivity index (χ2n) is 8.93. The van der Waals surface area contributed by atoms with Gasteiger partial charge in [0, 0.05) is 55.2 Å². The first kappa shape index (κ1) is 23.9. The number of morpholine rings is 1. The molecule has 0 aliphatic carbocycles. The molecule has 8 heteroatoms. The molecular formula is C26H28Cl2N4OS. The predicted molar refractivity (Wildman–Crippen MR) is 144 cm³/mol. The Morgan fingerprint density at radius 3 is 2.47 bits per heavy atom. The van der Waals surface area contributed by atoms with E-state index in [0.717, 1.165) is 84.9 Å². The molecule has 5 rings (SSSR count). The van der Waals surface area contributed by atoms with Crippen LogP contribution in [0.4, 0.5) is 0 Å². The van der Waals surface area contributed by atoms with Crippen molar-refractivity contribution < 1.29 is 4.74 Å². The Kier molecular flexibility index (Phi) is 7.64. The zero-order valence-electron chi connectivity index (χ0n) is 18.9. The number of aliphatic imine (C=N–C) groups is 1. The van der Waals surface area contributed by atoms with Gasteiger partial charge in [-0.2, -0.15) is 0 Å². The normalized spacial score (nSPS) is 25.1. The van der Waals surface area contributed by atoms with E-state index < -0.39 is 0 Å². The maximum atomic E-state index is 6.64. The zero-order valence-corrected chi connectivity index (χ0v) is 21.3. The van der Waals surface area contributed by atoms with Crippen LogP contribution in [0.3, 0.4) is 0 Å². The second-order valence-corrected chi connectivity index (χ2v) is 10.1. The highest BCUT2D eigenvalue weighted by Crippen LogP contribution is 2.37. The van der Waals surface area contributed by atoms with Crippen LogP contribution in [0.5, 0.6) is 0 Å². The van der Waals surface area contributed by atoms with Gasteiger partial charge < -0.3 is 10.1 Å². The second kappa shape index (κ2) is 10.9. The van der Waals surface area contributed by atoms with Gasteiger partial charge in [-0.05, 0) is 47.1 Å². The predicted octanol–water partition coefficient (Wildman–Crippen LogP) is 4.71. The lowest BCUT2D eigenvalue weighted by atomic mass is 9.81. The molecule has 0 amide bonds. The van der Waals surface area contributed by atoms with Crippen LogP contribution in [0.1, 0.15) is 17.2 Å². The van der Waals surface area contributed by atoms with Gasteiger partial charge in [-0.15, -0.1) is 0 Å². The molecule has 3 aliphatic heterocycles. The van der Waals surface area contributed by atoms with E-state index in [9.17, 15) is 0 Å². The summed E-state index contributed by atoms with van der Waals surface area (Å²) in [6.07, 6.45) is 2.17. The summed E-state index contributed by atoms with van der Waals surface area (Å²) in [6.45, 7) is 7.29. The summed E-state index contributed by atoms with van der Waals surface area (Å²) in [7, 11) is 0. The lowest BCUT2D eigenvalue weighted by Crippen LogP contribution is -2.53. The molecule has 1 N–H and O–H groups in total. The van der Waals surface area contributed by atoms with Crippen molar-refractivity contribution >= 4 is 52.3 Å². The average Bonchev–Trinajstić information content (AvgIpc) is 2.85. The monoisotopic (exact) mass is 514 g/mol. The molecule has 2 unspecified atom stereocenters. The Hall–Kier alpha value is -1.80. The van der Waals surface area contributed by atoms with E-state index in [1.165, 1.54) is 0 Å². The Labute approximate surface area is 216 Å². The van der Waals surface area contributed by atoms with E-state index >= 15 is 0 Å². The Morgan fingerprint density at radius 2 is 1.71 bits per heavy atom. The Balaban J connectivity index is 1.48. The van der Waals surface area contributed by atoms with Gasteiger partial charge >= 0.3 is 0 Å². The fraction of sp³-hybridized carbons (Fsp3) is 0.385. The molecule has 5 nitrogen and oxygen atoms in total. The maximum Gasteiger partial charge on any atom is 0.193 e. The number of nitrogens with zero attached hydrogens (tertiary/aromatic N) is 3. The average molecular weight is 516 g/mol. The molecule has 3 heterocycles. The number of likely N-dealkylation sites (tertiary alicyclic amines) is 1. The summed E-state index contributed by atoms with van der Waals surface area (Å²) in [5.41, 5.74) is 4.24. The van der Waals surface area contributed by atoms with Gasteiger partial charge in [0.25, 0.3) is 0 Å². The van der Waals surface area contributed by atoms with E-state index in [1.54, 1.807) is 0 Å². The largest absolute Gasteiger partial charge is 0.379 e. The number of fused-ring (bicyclic) bond motifs is 1. The molecule has 0 saturated carbocycles. The van der Waals surface area contributed by atoms with Crippen LogP contribution in [-0.2, 0) is 4.74 Å². The molecule has 3 aliphatic rings. The number of thiocarbonyl (C=S) groups is 1. The molecule has 178 valence electrons. The van der Waals surface area contributed by atoms with E-state index in [2.05, 4.69) is 27.3 Å². The van der Waals surface area contributed by atoms with Crippen molar-refractivity contribution in [1.82, 2.24) is 15.1 Å². The van der Waals surface area contributed by atoms with Crippen LogP contribution in [0.15, 0.2) is 59.1 Å². The van der Waals surface area contributed by atoms with Crippen molar-refractivity contribution in [3.8, 4) is 0 Å². The van der Waals surface area contributed by atoms with Crippen molar-refractivity contribution in [2.24, 2.45) is 10.9 Å². The Bertz CT molecular complexity index is 1120. The number of rotatable bonds is 5. The number of halogens is 2. The number of piperidine rings is 1. The van der Waals surface area contributed by atoms with Gasteiger partial charge in [-0.3, -0.25) is 9.80 Å². The third-order valence-electron chi connectivity index (χ3n) is 6.74. The first-order valence-electron chi connectivity index (χ1n) is 11.7. The topological polar surface area (TPSA) is 40.1 Å². The van der Waals surface area contributed by atoms with Crippen molar-refractivity contribution in [3.63, 3.8) is 0 Å². The van der Waals surface area contributed by atoms with E-state index in [-0.39, 0.29) is 12.0 Å². The number of nitrogens with one attached hydrogen (secondary N) is 1. The Morgan fingerprint density at radius 1 is 1.00 bits per heavy atom. The molecule has 2 atom stereocenters. The molecule has 34 heavy (non-hydrogen) atoms. The van der Waals surface area contributed by atoms with Gasteiger partial charge in [0.2, 0.25) is 0 Å². The molecule has 2 aromatic carbocycles. The molecule has 2 fully saturated rings. The summed E-state index contributed by atoms with van der Waals surface area (Å²) >= 11 is 18.7. The van der Waals surface area contributed by atoms with E-state index in [1.807, 2.05) is 42.5 Å². The molecular weight excluding hydrogens is 487 g/mol. The van der Waals surface area contributed by atoms with Crippen LogP contribution in [0, 0.1) is 5.92 Å². The van der Waals surface area contributed by atoms with Gasteiger partial charge in [0.15, 0.2) is 5.11 Å². The molecule has 0 spiro atoms. The number of hydrogen-bond acceptors (Lipinski definition) is 4. The first-order valence-corrected chi connectivity index (χ1v) is 12.9. The minimum absolute atomic E-state index is 0.0328. The van der Waals surface area contributed by atoms with Crippen LogP contribution in [-0.4, -0.2) is 73.1 Å². The first-order chi connectivity index (χ1) is 16.6. The fourth-order valence-corrected chi connectivity index (χ4v) is 5.65. The van der Waals surface area contributed by atoms with Crippen molar-refractivity contribution in [2.75, 3.05) is 52.5 Å². The van der Waals surface area contributed by atoms with Crippen LogP contribution >= 0.6 is 35.4 Å². The molecule has 0 radical (unpaired) electrons. The fourth-order valence-electron chi connectivity index (χ4n) is 4.98. The van der Waals surface area contributed by atoms with Gasteiger partial charge in [-0.25, -0.2) is 4.99 Å². The summed E-state index contributed by atoms with van der Waals surface area (Å²) in [5.74, 6) is 0.124. The SMILES string of the molecule is S=C1N=C2/C(=C/c3ccccc3Cl)CN(CCN3CCOCC3)CC2C(c2ccccc2Cl)N1. The summed E-state index contributed by atoms with van der Waals surface area (Å²) < 4.78 is 5.52. The van der Waals surface area contributed by atoms with Crippen molar-refractivity contribution in [1.29, 1.82) is 0 Å². The minimum atomic E-state index is -0.0328. The molecule has 0 bridgehead atoms.